The van der Waals surface area contributed by atoms with Crippen molar-refractivity contribution < 1.29 is 19.7 Å². The predicted molar refractivity (Wildman–Crippen MR) is 85.4 cm³/mol. The Morgan fingerprint density at radius 1 is 0.773 bits per heavy atom. The van der Waals surface area contributed by atoms with Crippen molar-refractivity contribution in [3.63, 3.8) is 0 Å². The first kappa shape index (κ1) is 19.4. The molecule has 0 unspecified atom stereocenters. The Morgan fingerprint density at radius 2 is 1.23 bits per heavy atom. The number of hydrogen-bond acceptors (Lipinski definition) is 4. The number of epoxide rings is 1. The third-order valence-electron chi connectivity index (χ3n) is 4.45. The van der Waals surface area contributed by atoms with E-state index in [1.807, 2.05) is 0 Å². The van der Waals surface area contributed by atoms with E-state index in [9.17, 15) is 9.90 Å². The van der Waals surface area contributed by atoms with E-state index in [1.165, 1.54) is 51.4 Å². The molecule has 0 spiro atoms. The maximum absolute atomic E-state index is 10.3. The highest BCUT2D eigenvalue weighted by molar-refractivity contribution is 5.63. The summed E-state index contributed by atoms with van der Waals surface area (Å²) in [6.07, 6.45) is 16.0. The molecule has 1 saturated heterocycles. The number of carboxylic acids is 1. The highest BCUT2D eigenvalue weighted by Crippen LogP contribution is 2.31. The molecular weight excluding hydrogens is 280 g/mol. The summed E-state index contributed by atoms with van der Waals surface area (Å²) in [5, 5.41) is 18.9. The minimum Gasteiger partial charge on any atom is -0.550 e. The van der Waals surface area contributed by atoms with Gasteiger partial charge in [-0.25, -0.2) is 0 Å². The van der Waals surface area contributed by atoms with Gasteiger partial charge < -0.3 is 19.7 Å². The summed E-state index contributed by atoms with van der Waals surface area (Å²) < 4.78 is 5.70. The van der Waals surface area contributed by atoms with Gasteiger partial charge in [-0.2, -0.15) is 0 Å². The van der Waals surface area contributed by atoms with Crippen molar-refractivity contribution in [1.82, 2.24) is 0 Å². The lowest BCUT2D eigenvalue weighted by Crippen LogP contribution is -2.21. The third kappa shape index (κ3) is 11.0. The number of carboxylic acid groups (broad SMARTS) is 1. The second-order valence-corrected chi connectivity index (χ2v) is 6.53. The van der Waals surface area contributed by atoms with E-state index >= 15 is 0 Å². The molecule has 0 bridgehead atoms. The molecule has 1 fully saturated rings. The summed E-state index contributed by atoms with van der Waals surface area (Å²) >= 11 is 0. The van der Waals surface area contributed by atoms with Crippen LogP contribution in [-0.4, -0.2) is 29.9 Å². The van der Waals surface area contributed by atoms with Gasteiger partial charge in [0, 0.05) is 12.6 Å². The summed E-state index contributed by atoms with van der Waals surface area (Å²) in [4.78, 5) is 10.3. The van der Waals surface area contributed by atoms with Crippen molar-refractivity contribution in [2.24, 2.45) is 0 Å². The number of unbranched alkanes of at least 4 members (excludes halogenated alkanes) is 9. The standard InChI is InChI=1S/C18H34O4/c19-15-11-7-2-1-4-8-12-16-17(22-16)13-9-5-3-6-10-14-18(20)21/h16-17,19H,1-15H2,(H,20,21)/p-1/t16-,17+/m0/s1. The van der Waals surface area contributed by atoms with Crippen LogP contribution in [0.5, 0.6) is 0 Å². The van der Waals surface area contributed by atoms with Crippen LogP contribution in [0.2, 0.25) is 0 Å². The Bertz CT molecular complexity index is 280. The average Bonchev–Trinajstić information content (AvgIpc) is 3.23. The number of rotatable bonds is 16. The molecule has 4 nitrogen and oxygen atoms in total. The van der Waals surface area contributed by atoms with Crippen molar-refractivity contribution in [2.45, 2.75) is 102 Å². The topological polar surface area (TPSA) is 72.9 Å². The van der Waals surface area contributed by atoms with Crippen molar-refractivity contribution in [1.29, 1.82) is 0 Å². The zero-order valence-corrected chi connectivity index (χ0v) is 13.9. The van der Waals surface area contributed by atoms with Crippen molar-refractivity contribution >= 4 is 5.97 Å². The van der Waals surface area contributed by atoms with Crippen LogP contribution >= 0.6 is 0 Å². The smallest absolute Gasteiger partial charge is 0.0841 e. The Kier molecular flexibility index (Phi) is 11.4. The maximum Gasteiger partial charge on any atom is 0.0841 e. The summed E-state index contributed by atoms with van der Waals surface area (Å²) in [6, 6.07) is 0. The van der Waals surface area contributed by atoms with Crippen molar-refractivity contribution in [2.75, 3.05) is 6.61 Å². The van der Waals surface area contributed by atoms with E-state index < -0.39 is 5.97 Å². The van der Waals surface area contributed by atoms with Gasteiger partial charge in [0.05, 0.1) is 12.2 Å². The molecule has 1 heterocycles. The summed E-state index contributed by atoms with van der Waals surface area (Å²) in [7, 11) is 0. The van der Waals surface area contributed by atoms with Gasteiger partial charge in [-0.3, -0.25) is 0 Å². The molecule has 0 amide bonds. The second-order valence-electron chi connectivity index (χ2n) is 6.53. The lowest BCUT2D eigenvalue weighted by molar-refractivity contribution is -0.305. The molecule has 22 heavy (non-hydrogen) atoms. The molecule has 1 N–H and O–H groups in total. The van der Waals surface area contributed by atoms with Crippen LogP contribution in [0.3, 0.4) is 0 Å². The number of carbonyl (C=O) groups excluding carboxylic acids is 1. The quantitative estimate of drug-likeness (QED) is 0.351. The summed E-state index contributed by atoms with van der Waals surface area (Å²) in [6.45, 7) is 0.328. The molecular formula is C18H33O4-. The first-order valence-corrected chi connectivity index (χ1v) is 9.20. The maximum atomic E-state index is 10.3. The molecule has 2 atom stereocenters. The van der Waals surface area contributed by atoms with Gasteiger partial charge in [-0.1, -0.05) is 57.8 Å². The molecule has 0 aliphatic carbocycles. The molecule has 0 aromatic rings. The molecule has 1 aliphatic rings. The van der Waals surface area contributed by atoms with E-state index in [0.717, 1.165) is 32.1 Å². The molecule has 0 aromatic heterocycles. The largest absolute Gasteiger partial charge is 0.550 e. The van der Waals surface area contributed by atoms with Crippen molar-refractivity contribution in [3.8, 4) is 0 Å². The van der Waals surface area contributed by atoms with Crippen LogP contribution in [0.1, 0.15) is 89.9 Å². The van der Waals surface area contributed by atoms with E-state index in [2.05, 4.69) is 0 Å². The molecule has 4 heteroatoms. The third-order valence-corrected chi connectivity index (χ3v) is 4.45. The van der Waals surface area contributed by atoms with Crippen LogP contribution in [0, 0.1) is 0 Å². The SMILES string of the molecule is O=C([O-])CCCCCCC[C@H]1O[C@H]1CCCCCCCCO. The van der Waals surface area contributed by atoms with Gasteiger partial charge in [-0.15, -0.1) is 0 Å². The minimum absolute atomic E-state index is 0.202. The van der Waals surface area contributed by atoms with E-state index in [0.29, 0.717) is 18.8 Å². The highest BCUT2D eigenvalue weighted by Gasteiger charge is 2.36. The number of carbonyl (C=O) groups is 1. The van der Waals surface area contributed by atoms with Crippen LogP contribution in [0.25, 0.3) is 0 Å². The van der Waals surface area contributed by atoms with Gasteiger partial charge in [-0.05, 0) is 32.1 Å². The van der Waals surface area contributed by atoms with Gasteiger partial charge in [0.2, 0.25) is 0 Å². The minimum atomic E-state index is -0.928. The zero-order chi connectivity index (χ0) is 16.0. The van der Waals surface area contributed by atoms with Gasteiger partial charge >= 0.3 is 0 Å². The van der Waals surface area contributed by atoms with Gasteiger partial charge in [0.25, 0.3) is 0 Å². The van der Waals surface area contributed by atoms with E-state index in [4.69, 9.17) is 9.84 Å². The van der Waals surface area contributed by atoms with E-state index in [-0.39, 0.29) is 6.42 Å². The molecule has 0 radical (unpaired) electrons. The molecule has 1 aliphatic heterocycles. The summed E-state index contributed by atoms with van der Waals surface area (Å²) in [5.74, 6) is -0.928. The number of aliphatic hydroxyl groups is 1. The van der Waals surface area contributed by atoms with E-state index in [1.54, 1.807) is 0 Å². The molecule has 0 saturated carbocycles. The van der Waals surface area contributed by atoms with Crippen LogP contribution in [0.15, 0.2) is 0 Å². The first-order valence-electron chi connectivity index (χ1n) is 9.20. The first-order chi connectivity index (χ1) is 10.7. The fourth-order valence-corrected chi connectivity index (χ4v) is 3.00. The number of aliphatic carboxylic acids is 1. The van der Waals surface area contributed by atoms with Crippen molar-refractivity contribution in [3.05, 3.63) is 0 Å². The zero-order valence-electron chi connectivity index (χ0n) is 13.9. The summed E-state index contributed by atoms with van der Waals surface area (Å²) in [5.41, 5.74) is 0. The van der Waals surface area contributed by atoms with Crippen LogP contribution < -0.4 is 5.11 Å². The monoisotopic (exact) mass is 313 g/mol. The van der Waals surface area contributed by atoms with Crippen LogP contribution in [-0.2, 0) is 9.53 Å². The number of ether oxygens (including phenoxy) is 1. The Labute approximate surface area is 135 Å². The van der Waals surface area contributed by atoms with Gasteiger partial charge in [0.1, 0.15) is 0 Å². The number of aliphatic hydroxyl groups excluding tert-OH is 1. The highest BCUT2D eigenvalue weighted by atomic mass is 16.6. The lowest BCUT2D eigenvalue weighted by Gasteiger charge is -2.02. The Morgan fingerprint density at radius 3 is 1.73 bits per heavy atom. The Hall–Kier alpha value is -0.610. The predicted octanol–water partition coefficient (Wildman–Crippen LogP) is 2.96. The molecule has 1 rings (SSSR count). The normalized spacial score (nSPS) is 20.2. The lowest BCUT2D eigenvalue weighted by atomic mass is 10.0. The molecule has 130 valence electrons. The second kappa shape index (κ2) is 12.9. The average molecular weight is 313 g/mol. The Balaban J connectivity index is 1.76. The fraction of sp³-hybridized carbons (Fsp3) is 0.944. The molecule has 0 aromatic carbocycles. The fourth-order valence-electron chi connectivity index (χ4n) is 3.00. The van der Waals surface area contributed by atoms with Crippen LogP contribution in [0.4, 0.5) is 0 Å². The van der Waals surface area contributed by atoms with Gasteiger partial charge in [0.15, 0.2) is 0 Å². The number of hydrogen-bond donors (Lipinski definition) is 1.